The maximum absolute atomic E-state index is 12.5. The minimum Gasteiger partial charge on any atom is -0.375 e. The van der Waals surface area contributed by atoms with E-state index in [-0.39, 0.29) is 17.7 Å². The maximum atomic E-state index is 12.5. The van der Waals surface area contributed by atoms with Crippen LogP contribution in [0, 0.1) is 6.92 Å². The van der Waals surface area contributed by atoms with Crippen LogP contribution in [0.4, 0.5) is 4.79 Å². The van der Waals surface area contributed by atoms with Crippen molar-refractivity contribution in [1.29, 1.82) is 0 Å². The van der Waals surface area contributed by atoms with Gasteiger partial charge in [-0.3, -0.25) is 0 Å². The first kappa shape index (κ1) is 15.3. The molecule has 0 radical (unpaired) electrons. The lowest BCUT2D eigenvalue weighted by Gasteiger charge is -2.38. The molecule has 3 heterocycles. The number of H-pyrrole nitrogens is 1. The number of hydrogen-bond acceptors (Lipinski definition) is 3. The van der Waals surface area contributed by atoms with Gasteiger partial charge in [0.1, 0.15) is 5.82 Å². The average molecular weight is 306 g/mol. The normalized spacial score (nSPS) is 22.0. The Morgan fingerprint density at radius 1 is 1.50 bits per heavy atom. The number of rotatable bonds is 3. The molecule has 0 aliphatic carbocycles. The lowest BCUT2D eigenvalue weighted by Crippen LogP contribution is -2.50. The van der Waals surface area contributed by atoms with Crippen LogP contribution in [-0.4, -0.2) is 46.2 Å². The van der Waals surface area contributed by atoms with E-state index in [1.165, 1.54) is 0 Å². The first-order valence-corrected chi connectivity index (χ1v) is 8.33. The van der Waals surface area contributed by atoms with Gasteiger partial charge < -0.3 is 19.9 Å². The van der Waals surface area contributed by atoms with Gasteiger partial charge in [-0.2, -0.15) is 0 Å². The number of amides is 2. The van der Waals surface area contributed by atoms with Gasteiger partial charge in [0, 0.05) is 31.6 Å². The molecule has 1 aromatic heterocycles. The summed E-state index contributed by atoms with van der Waals surface area (Å²) in [4.78, 5) is 21.9. The third-order valence-corrected chi connectivity index (χ3v) is 4.91. The molecule has 1 atom stereocenters. The molecule has 2 amide bonds. The van der Waals surface area contributed by atoms with Crippen molar-refractivity contribution in [1.82, 2.24) is 20.2 Å². The summed E-state index contributed by atoms with van der Waals surface area (Å²) >= 11 is 0. The summed E-state index contributed by atoms with van der Waals surface area (Å²) in [6, 6.07) is -0.0476. The summed E-state index contributed by atoms with van der Waals surface area (Å²) in [6.07, 6.45) is 6.83. The standard InChI is InChI=1S/C16H26N4O2/c1-3-13(14-17-11-12(2)18-14)19-15(21)20-8-6-16(7-9-20)5-4-10-22-16/h11,13H,3-10H2,1-2H3,(H,17,18)(H,19,21)/t13-/m1/s1. The molecule has 2 saturated heterocycles. The predicted molar refractivity (Wildman–Crippen MR) is 83.6 cm³/mol. The van der Waals surface area contributed by atoms with E-state index in [0.29, 0.717) is 0 Å². The minimum atomic E-state index is -0.0557. The second-order valence-electron chi connectivity index (χ2n) is 6.48. The Morgan fingerprint density at radius 3 is 2.82 bits per heavy atom. The molecule has 2 aliphatic rings. The number of hydrogen-bond donors (Lipinski definition) is 2. The first-order valence-electron chi connectivity index (χ1n) is 8.33. The quantitative estimate of drug-likeness (QED) is 0.901. The summed E-state index contributed by atoms with van der Waals surface area (Å²) in [5.74, 6) is 0.834. The summed E-state index contributed by atoms with van der Waals surface area (Å²) in [7, 11) is 0. The molecule has 122 valence electrons. The third-order valence-electron chi connectivity index (χ3n) is 4.91. The fourth-order valence-corrected chi connectivity index (χ4v) is 3.48. The molecule has 0 aromatic carbocycles. The Kier molecular flexibility index (Phi) is 4.38. The molecule has 2 fully saturated rings. The number of carbonyl (C=O) groups is 1. The summed E-state index contributed by atoms with van der Waals surface area (Å²) in [5.41, 5.74) is 1.07. The molecule has 1 spiro atoms. The van der Waals surface area contributed by atoms with E-state index in [1.54, 1.807) is 6.20 Å². The largest absolute Gasteiger partial charge is 0.375 e. The monoisotopic (exact) mass is 306 g/mol. The number of aromatic nitrogens is 2. The molecule has 2 N–H and O–H groups in total. The predicted octanol–water partition coefficient (Wildman–Crippen LogP) is 2.52. The minimum absolute atomic E-state index is 0.00810. The molecule has 0 bridgehead atoms. The van der Waals surface area contributed by atoms with Crippen LogP contribution in [0.15, 0.2) is 6.20 Å². The van der Waals surface area contributed by atoms with E-state index >= 15 is 0 Å². The SMILES string of the molecule is CC[C@@H](NC(=O)N1CCC2(CCCO2)CC1)c1ncc(C)[nH]1. The zero-order chi connectivity index (χ0) is 15.6. The van der Waals surface area contributed by atoms with Crippen LogP contribution in [-0.2, 0) is 4.74 Å². The van der Waals surface area contributed by atoms with Crippen LogP contribution in [0.25, 0.3) is 0 Å². The van der Waals surface area contributed by atoms with E-state index < -0.39 is 0 Å². The van der Waals surface area contributed by atoms with Crippen molar-refractivity contribution in [2.75, 3.05) is 19.7 Å². The van der Waals surface area contributed by atoms with Gasteiger partial charge in [0.05, 0.1) is 11.6 Å². The second-order valence-corrected chi connectivity index (χ2v) is 6.48. The molecule has 3 rings (SSSR count). The number of urea groups is 1. The lowest BCUT2D eigenvalue weighted by molar-refractivity contribution is -0.0362. The number of ether oxygens (including phenoxy) is 1. The van der Waals surface area contributed by atoms with Gasteiger partial charge in [0.2, 0.25) is 0 Å². The smallest absolute Gasteiger partial charge is 0.317 e. The number of nitrogens with zero attached hydrogens (tertiary/aromatic N) is 2. The molecular formula is C16H26N4O2. The van der Waals surface area contributed by atoms with E-state index in [4.69, 9.17) is 4.74 Å². The average Bonchev–Trinajstić information content (AvgIpc) is 3.15. The molecule has 2 aliphatic heterocycles. The van der Waals surface area contributed by atoms with Gasteiger partial charge in [0.15, 0.2) is 0 Å². The Morgan fingerprint density at radius 2 is 2.27 bits per heavy atom. The summed E-state index contributed by atoms with van der Waals surface area (Å²) in [5, 5.41) is 3.10. The highest BCUT2D eigenvalue weighted by atomic mass is 16.5. The zero-order valence-corrected chi connectivity index (χ0v) is 13.5. The van der Waals surface area contributed by atoms with E-state index in [9.17, 15) is 4.79 Å². The van der Waals surface area contributed by atoms with Crippen LogP contribution in [0.1, 0.15) is 56.6 Å². The molecule has 22 heavy (non-hydrogen) atoms. The number of aromatic amines is 1. The highest BCUT2D eigenvalue weighted by Crippen LogP contribution is 2.35. The van der Waals surface area contributed by atoms with E-state index in [0.717, 1.165) is 63.3 Å². The number of carbonyl (C=O) groups excluding carboxylic acids is 1. The van der Waals surface area contributed by atoms with Crippen molar-refractivity contribution in [3.8, 4) is 0 Å². The van der Waals surface area contributed by atoms with Gasteiger partial charge in [-0.1, -0.05) is 6.92 Å². The molecule has 0 saturated carbocycles. The zero-order valence-electron chi connectivity index (χ0n) is 13.5. The second kappa shape index (κ2) is 6.28. The lowest BCUT2D eigenvalue weighted by atomic mass is 9.89. The maximum Gasteiger partial charge on any atom is 0.317 e. The van der Waals surface area contributed by atoms with Crippen LogP contribution >= 0.6 is 0 Å². The van der Waals surface area contributed by atoms with Crippen LogP contribution in [0.5, 0.6) is 0 Å². The number of imidazole rings is 1. The Bertz CT molecular complexity index is 512. The molecular weight excluding hydrogens is 280 g/mol. The summed E-state index contributed by atoms with van der Waals surface area (Å²) in [6.45, 7) is 6.46. The Labute approximate surface area is 131 Å². The van der Waals surface area contributed by atoms with Gasteiger partial charge in [0.25, 0.3) is 0 Å². The van der Waals surface area contributed by atoms with Crippen molar-refractivity contribution < 1.29 is 9.53 Å². The number of piperidine rings is 1. The van der Waals surface area contributed by atoms with Crippen molar-refractivity contribution >= 4 is 6.03 Å². The van der Waals surface area contributed by atoms with Gasteiger partial charge >= 0.3 is 6.03 Å². The molecule has 0 unspecified atom stereocenters. The summed E-state index contributed by atoms with van der Waals surface area (Å²) < 4.78 is 5.91. The Balaban J connectivity index is 1.55. The fraction of sp³-hybridized carbons (Fsp3) is 0.750. The van der Waals surface area contributed by atoms with E-state index in [1.807, 2.05) is 11.8 Å². The van der Waals surface area contributed by atoms with Crippen molar-refractivity contribution in [2.24, 2.45) is 0 Å². The molecule has 1 aromatic rings. The Hall–Kier alpha value is -1.56. The highest BCUT2D eigenvalue weighted by Gasteiger charge is 2.39. The topological polar surface area (TPSA) is 70.2 Å². The van der Waals surface area contributed by atoms with Gasteiger partial charge in [-0.15, -0.1) is 0 Å². The van der Waals surface area contributed by atoms with Crippen molar-refractivity contribution in [3.05, 3.63) is 17.7 Å². The first-order chi connectivity index (χ1) is 10.6. The molecule has 6 nitrogen and oxygen atoms in total. The van der Waals surface area contributed by atoms with Gasteiger partial charge in [-0.05, 0) is 39.0 Å². The highest BCUT2D eigenvalue weighted by molar-refractivity contribution is 5.74. The van der Waals surface area contributed by atoms with Crippen LogP contribution in [0.2, 0.25) is 0 Å². The van der Waals surface area contributed by atoms with Crippen LogP contribution < -0.4 is 5.32 Å². The van der Waals surface area contributed by atoms with Crippen LogP contribution in [0.3, 0.4) is 0 Å². The van der Waals surface area contributed by atoms with Crippen molar-refractivity contribution in [2.45, 2.75) is 57.6 Å². The van der Waals surface area contributed by atoms with Crippen molar-refractivity contribution in [3.63, 3.8) is 0 Å². The third kappa shape index (κ3) is 3.11. The molecule has 6 heteroatoms. The number of aryl methyl sites for hydroxylation is 1. The van der Waals surface area contributed by atoms with Gasteiger partial charge in [-0.25, -0.2) is 9.78 Å². The van der Waals surface area contributed by atoms with E-state index in [2.05, 4.69) is 22.2 Å². The number of likely N-dealkylation sites (tertiary alicyclic amines) is 1. The number of nitrogens with one attached hydrogen (secondary N) is 2. The fourth-order valence-electron chi connectivity index (χ4n) is 3.48.